The molecule has 0 bridgehead atoms. The van der Waals surface area contributed by atoms with Gasteiger partial charge in [0.2, 0.25) is 0 Å². The number of nitrogens with one attached hydrogen (secondary N) is 1. The molecular formula is C11H13NO3. The number of amides is 1. The largest absolute Gasteiger partial charge is 0.490 e. The molecule has 1 unspecified atom stereocenters. The van der Waals surface area contributed by atoms with E-state index >= 15 is 0 Å². The molecule has 0 spiro atoms. The van der Waals surface area contributed by atoms with Crippen LogP contribution < -0.4 is 10.1 Å². The average molecular weight is 207 g/mol. The third kappa shape index (κ3) is 2.03. The summed E-state index contributed by atoms with van der Waals surface area (Å²) in [6, 6.07) is 5.73. The molecule has 4 heteroatoms. The van der Waals surface area contributed by atoms with E-state index in [-0.39, 0.29) is 6.10 Å². The van der Waals surface area contributed by atoms with Crippen LogP contribution in [0, 0.1) is 0 Å². The Kier molecular flexibility index (Phi) is 2.49. The van der Waals surface area contributed by atoms with E-state index in [1.807, 2.05) is 25.1 Å². The number of hydrogen-bond donors (Lipinski definition) is 2. The summed E-state index contributed by atoms with van der Waals surface area (Å²) in [6.45, 7) is 2.35. The molecule has 80 valence electrons. The molecule has 2 rings (SSSR count). The van der Waals surface area contributed by atoms with Crippen molar-refractivity contribution in [2.45, 2.75) is 26.0 Å². The van der Waals surface area contributed by atoms with E-state index in [1.165, 1.54) is 0 Å². The first-order valence-electron chi connectivity index (χ1n) is 4.91. The first kappa shape index (κ1) is 9.83. The molecule has 0 aromatic heterocycles. The zero-order valence-electron chi connectivity index (χ0n) is 8.49. The molecule has 0 fully saturated rings. The van der Waals surface area contributed by atoms with Crippen LogP contribution in [0.15, 0.2) is 18.2 Å². The highest BCUT2D eigenvalue weighted by Gasteiger charge is 2.21. The molecule has 0 aliphatic carbocycles. The van der Waals surface area contributed by atoms with Crippen LogP contribution in [0.1, 0.15) is 18.1 Å². The van der Waals surface area contributed by atoms with Crippen LogP contribution in [0.25, 0.3) is 0 Å². The maximum absolute atomic E-state index is 10.4. The number of hydrogen-bond acceptors (Lipinski definition) is 2. The minimum absolute atomic E-state index is 0.186. The molecule has 1 amide bonds. The van der Waals surface area contributed by atoms with Crippen molar-refractivity contribution in [3.8, 4) is 5.75 Å². The molecule has 1 aliphatic heterocycles. The zero-order valence-corrected chi connectivity index (χ0v) is 8.49. The van der Waals surface area contributed by atoms with Crippen molar-refractivity contribution in [2.24, 2.45) is 0 Å². The summed E-state index contributed by atoms with van der Waals surface area (Å²) in [6.07, 6.45) is 0.0397. The lowest BCUT2D eigenvalue weighted by molar-refractivity contribution is 0.194. The number of fused-ring (bicyclic) bond motifs is 1. The van der Waals surface area contributed by atoms with Gasteiger partial charge in [-0.05, 0) is 18.6 Å². The van der Waals surface area contributed by atoms with Crippen LogP contribution in [-0.2, 0) is 13.0 Å². The second kappa shape index (κ2) is 3.81. The van der Waals surface area contributed by atoms with E-state index in [4.69, 9.17) is 9.84 Å². The molecule has 1 heterocycles. The first-order chi connectivity index (χ1) is 7.16. The number of rotatable bonds is 2. The Morgan fingerprint density at radius 2 is 2.47 bits per heavy atom. The number of benzene rings is 1. The number of ether oxygens (including phenoxy) is 1. The van der Waals surface area contributed by atoms with Crippen LogP contribution in [0.5, 0.6) is 5.75 Å². The van der Waals surface area contributed by atoms with E-state index in [2.05, 4.69) is 5.32 Å². The van der Waals surface area contributed by atoms with Gasteiger partial charge >= 0.3 is 6.09 Å². The summed E-state index contributed by atoms with van der Waals surface area (Å²) in [4.78, 5) is 10.4. The number of carbonyl (C=O) groups is 1. The maximum atomic E-state index is 10.4. The van der Waals surface area contributed by atoms with Crippen LogP contribution in [0.4, 0.5) is 4.79 Å². The van der Waals surface area contributed by atoms with E-state index < -0.39 is 6.09 Å². The normalized spacial score (nSPS) is 18.1. The average Bonchev–Trinajstić information content (AvgIpc) is 2.55. The predicted molar refractivity (Wildman–Crippen MR) is 55.1 cm³/mol. The van der Waals surface area contributed by atoms with Gasteiger partial charge in [0.15, 0.2) is 0 Å². The van der Waals surface area contributed by atoms with Crippen molar-refractivity contribution < 1.29 is 14.6 Å². The van der Waals surface area contributed by atoms with Gasteiger partial charge in [-0.1, -0.05) is 12.1 Å². The highest BCUT2D eigenvalue weighted by Crippen LogP contribution is 2.31. The minimum Gasteiger partial charge on any atom is -0.490 e. The molecular weight excluding hydrogens is 194 g/mol. The van der Waals surface area contributed by atoms with Crippen LogP contribution in [0.3, 0.4) is 0 Å². The van der Waals surface area contributed by atoms with Gasteiger partial charge in [0.05, 0.1) is 0 Å². The topological polar surface area (TPSA) is 58.6 Å². The molecule has 1 aromatic carbocycles. The summed E-state index contributed by atoms with van der Waals surface area (Å²) < 4.78 is 5.58. The van der Waals surface area contributed by atoms with Gasteiger partial charge in [-0.3, -0.25) is 0 Å². The molecule has 4 nitrogen and oxygen atoms in total. The van der Waals surface area contributed by atoms with E-state index in [0.717, 1.165) is 23.3 Å². The smallest absolute Gasteiger partial charge is 0.404 e. The van der Waals surface area contributed by atoms with E-state index in [0.29, 0.717) is 6.54 Å². The highest BCUT2D eigenvalue weighted by molar-refractivity contribution is 5.64. The van der Waals surface area contributed by atoms with Crippen molar-refractivity contribution >= 4 is 6.09 Å². The second-order valence-electron chi connectivity index (χ2n) is 3.69. The molecule has 1 aromatic rings. The van der Waals surface area contributed by atoms with Crippen LogP contribution in [-0.4, -0.2) is 17.3 Å². The lowest BCUT2D eigenvalue weighted by atomic mass is 10.0. The molecule has 0 saturated carbocycles. The van der Waals surface area contributed by atoms with Crippen LogP contribution >= 0.6 is 0 Å². The SMILES string of the molecule is CC1Cc2c(CNC(=O)O)cccc2O1. The first-order valence-corrected chi connectivity index (χ1v) is 4.91. The minimum atomic E-state index is -1.00. The Morgan fingerprint density at radius 3 is 3.20 bits per heavy atom. The molecule has 1 aliphatic rings. The van der Waals surface area contributed by atoms with E-state index in [1.54, 1.807) is 0 Å². The standard InChI is InChI=1S/C11H13NO3/c1-7-5-9-8(6-12-11(13)14)3-2-4-10(9)15-7/h2-4,7,12H,5-6H2,1H3,(H,13,14). The quantitative estimate of drug-likeness (QED) is 0.777. The van der Waals surface area contributed by atoms with Gasteiger partial charge in [-0.15, -0.1) is 0 Å². The fourth-order valence-electron chi connectivity index (χ4n) is 1.84. The zero-order chi connectivity index (χ0) is 10.8. The van der Waals surface area contributed by atoms with Crippen LogP contribution in [0.2, 0.25) is 0 Å². The van der Waals surface area contributed by atoms with Gasteiger partial charge in [0.1, 0.15) is 11.9 Å². The molecule has 0 saturated heterocycles. The molecule has 0 radical (unpaired) electrons. The lowest BCUT2D eigenvalue weighted by Gasteiger charge is -2.06. The monoisotopic (exact) mass is 207 g/mol. The van der Waals surface area contributed by atoms with Gasteiger partial charge in [0.25, 0.3) is 0 Å². The summed E-state index contributed by atoms with van der Waals surface area (Å²) in [5, 5.41) is 10.9. The van der Waals surface area contributed by atoms with Crippen molar-refractivity contribution in [3.63, 3.8) is 0 Å². The Labute approximate surface area is 87.9 Å². The maximum Gasteiger partial charge on any atom is 0.404 e. The molecule has 15 heavy (non-hydrogen) atoms. The second-order valence-corrected chi connectivity index (χ2v) is 3.69. The Balaban J connectivity index is 2.19. The van der Waals surface area contributed by atoms with Gasteiger partial charge in [-0.25, -0.2) is 4.79 Å². The van der Waals surface area contributed by atoms with Crippen molar-refractivity contribution in [1.82, 2.24) is 5.32 Å². The summed E-state index contributed by atoms with van der Waals surface area (Å²) >= 11 is 0. The third-order valence-corrected chi connectivity index (χ3v) is 2.48. The summed E-state index contributed by atoms with van der Waals surface area (Å²) in [5.41, 5.74) is 2.12. The third-order valence-electron chi connectivity index (χ3n) is 2.48. The molecule has 2 N–H and O–H groups in total. The highest BCUT2D eigenvalue weighted by atomic mass is 16.5. The Morgan fingerprint density at radius 1 is 1.67 bits per heavy atom. The predicted octanol–water partition coefficient (Wildman–Crippen LogP) is 1.78. The van der Waals surface area contributed by atoms with Gasteiger partial charge < -0.3 is 15.2 Å². The fraction of sp³-hybridized carbons (Fsp3) is 0.364. The van der Waals surface area contributed by atoms with Gasteiger partial charge in [-0.2, -0.15) is 0 Å². The summed E-state index contributed by atoms with van der Waals surface area (Å²) in [5.74, 6) is 0.882. The van der Waals surface area contributed by atoms with Crippen molar-refractivity contribution in [2.75, 3.05) is 0 Å². The van der Waals surface area contributed by atoms with Crippen molar-refractivity contribution in [1.29, 1.82) is 0 Å². The molecule has 1 atom stereocenters. The number of carboxylic acid groups (broad SMARTS) is 1. The lowest BCUT2D eigenvalue weighted by Crippen LogP contribution is -2.20. The Hall–Kier alpha value is -1.71. The Bertz CT molecular complexity index is 389. The van der Waals surface area contributed by atoms with Gasteiger partial charge in [0, 0.05) is 18.5 Å². The fourth-order valence-corrected chi connectivity index (χ4v) is 1.84. The van der Waals surface area contributed by atoms with Crippen molar-refractivity contribution in [3.05, 3.63) is 29.3 Å². The summed E-state index contributed by atoms with van der Waals surface area (Å²) in [7, 11) is 0. The van der Waals surface area contributed by atoms with E-state index in [9.17, 15) is 4.79 Å².